The van der Waals surface area contributed by atoms with Crippen LogP contribution in [0.5, 0.6) is 5.75 Å². The Hall–Kier alpha value is -1.16. The highest BCUT2D eigenvalue weighted by Crippen LogP contribution is 2.29. The number of halogens is 2. The summed E-state index contributed by atoms with van der Waals surface area (Å²) in [6.07, 6.45) is 2.66. The van der Waals surface area contributed by atoms with E-state index in [1.165, 1.54) is 13.2 Å². The van der Waals surface area contributed by atoms with Crippen molar-refractivity contribution >= 4 is 0 Å². The van der Waals surface area contributed by atoms with Crippen LogP contribution in [0.1, 0.15) is 18.4 Å². The Morgan fingerprint density at radius 3 is 2.76 bits per heavy atom. The first kappa shape index (κ1) is 12.3. The monoisotopic (exact) mass is 241 g/mol. The molecule has 0 bridgehead atoms. The smallest absolute Gasteiger partial charge is 0.165 e. The Kier molecular flexibility index (Phi) is 3.94. The first-order valence-electron chi connectivity index (χ1n) is 5.94. The van der Waals surface area contributed by atoms with Crippen LogP contribution in [0, 0.1) is 17.6 Å². The minimum Gasteiger partial charge on any atom is -0.493 e. The van der Waals surface area contributed by atoms with Crippen LogP contribution in [0.2, 0.25) is 0 Å². The summed E-state index contributed by atoms with van der Waals surface area (Å²) in [6, 6.07) is 2.28. The van der Waals surface area contributed by atoms with E-state index in [2.05, 4.69) is 5.32 Å². The number of benzene rings is 1. The molecule has 0 radical (unpaired) electrons. The lowest BCUT2D eigenvalue weighted by Gasteiger charge is -2.23. The quantitative estimate of drug-likeness (QED) is 0.878. The van der Waals surface area contributed by atoms with Crippen molar-refractivity contribution in [3.8, 4) is 5.75 Å². The summed E-state index contributed by atoms with van der Waals surface area (Å²) >= 11 is 0. The van der Waals surface area contributed by atoms with Crippen molar-refractivity contribution in [3.63, 3.8) is 0 Å². The first-order valence-corrected chi connectivity index (χ1v) is 5.94. The molecule has 17 heavy (non-hydrogen) atoms. The highest BCUT2D eigenvalue weighted by Gasteiger charge is 2.20. The molecule has 1 heterocycles. The van der Waals surface area contributed by atoms with E-state index >= 15 is 0 Å². The van der Waals surface area contributed by atoms with Gasteiger partial charge in [0, 0.05) is 5.56 Å². The SMILES string of the molecule is COc1c(F)ccc(F)c1CC1CCCNC1. The third kappa shape index (κ3) is 2.75. The van der Waals surface area contributed by atoms with E-state index in [9.17, 15) is 8.78 Å². The van der Waals surface area contributed by atoms with Crippen molar-refractivity contribution in [2.75, 3.05) is 20.2 Å². The normalized spacial score (nSPS) is 20.3. The minimum atomic E-state index is -0.493. The maximum atomic E-state index is 13.7. The zero-order valence-corrected chi connectivity index (χ0v) is 9.93. The van der Waals surface area contributed by atoms with E-state index in [4.69, 9.17) is 4.74 Å². The van der Waals surface area contributed by atoms with Crippen LogP contribution in [-0.2, 0) is 6.42 Å². The molecule has 1 fully saturated rings. The van der Waals surface area contributed by atoms with Crippen LogP contribution in [0.4, 0.5) is 8.78 Å². The second-order valence-electron chi connectivity index (χ2n) is 4.46. The largest absolute Gasteiger partial charge is 0.493 e. The van der Waals surface area contributed by atoms with Crippen molar-refractivity contribution in [2.24, 2.45) is 5.92 Å². The minimum absolute atomic E-state index is 0.0515. The van der Waals surface area contributed by atoms with Crippen LogP contribution in [-0.4, -0.2) is 20.2 Å². The van der Waals surface area contributed by atoms with Gasteiger partial charge in [-0.15, -0.1) is 0 Å². The van der Waals surface area contributed by atoms with E-state index in [0.717, 1.165) is 32.0 Å². The van der Waals surface area contributed by atoms with Gasteiger partial charge in [0.15, 0.2) is 11.6 Å². The standard InChI is InChI=1S/C13H17F2NO/c1-17-13-10(11(14)4-5-12(13)15)7-9-3-2-6-16-8-9/h4-5,9,16H,2-3,6-8H2,1H3. The van der Waals surface area contributed by atoms with Crippen molar-refractivity contribution in [2.45, 2.75) is 19.3 Å². The number of rotatable bonds is 3. The molecule has 2 rings (SSSR count). The molecule has 1 unspecified atom stereocenters. The maximum absolute atomic E-state index is 13.7. The fourth-order valence-electron chi connectivity index (χ4n) is 2.37. The van der Waals surface area contributed by atoms with Crippen molar-refractivity contribution < 1.29 is 13.5 Å². The van der Waals surface area contributed by atoms with E-state index in [0.29, 0.717) is 17.9 Å². The summed E-state index contributed by atoms with van der Waals surface area (Å²) in [6.45, 7) is 1.87. The van der Waals surface area contributed by atoms with Gasteiger partial charge in [-0.25, -0.2) is 8.78 Å². The van der Waals surface area contributed by atoms with Gasteiger partial charge in [0.1, 0.15) is 5.82 Å². The van der Waals surface area contributed by atoms with Crippen molar-refractivity contribution in [3.05, 3.63) is 29.3 Å². The summed E-state index contributed by atoms with van der Waals surface area (Å²) in [5.41, 5.74) is 0.362. The van der Waals surface area contributed by atoms with Gasteiger partial charge < -0.3 is 10.1 Å². The lowest BCUT2D eigenvalue weighted by Crippen LogP contribution is -2.31. The van der Waals surface area contributed by atoms with Crippen LogP contribution >= 0.6 is 0 Å². The maximum Gasteiger partial charge on any atom is 0.165 e. The van der Waals surface area contributed by atoms with E-state index in [1.807, 2.05) is 0 Å². The molecule has 1 N–H and O–H groups in total. The molecule has 4 heteroatoms. The number of nitrogens with one attached hydrogen (secondary N) is 1. The summed E-state index contributed by atoms with van der Waals surface area (Å²) < 4.78 is 32.1. The van der Waals surface area contributed by atoms with Crippen LogP contribution in [0.25, 0.3) is 0 Å². The summed E-state index contributed by atoms with van der Waals surface area (Å²) in [5.74, 6) is -0.467. The number of ether oxygens (including phenoxy) is 1. The Bertz CT molecular complexity index is 389. The number of hydrogen-bond acceptors (Lipinski definition) is 2. The van der Waals surface area contributed by atoms with Gasteiger partial charge in [-0.05, 0) is 50.4 Å². The van der Waals surface area contributed by atoms with Gasteiger partial charge in [-0.1, -0.05) is 0 Å². The molecule has 0 aliphatic carbocycles. The number of methoxy groups -OCH3 is 1. The van der Waals surface area contributed by atoms with Crippen LogP contribution in [0.15, 0.2) is 12.1 Å². The number of hydrogen-bond donors (Lipinski definition) is 1. The first-order chi connectivity index (χ1) is 8.22. The molecule has 0 aromatic heterocycles. The molecule has 94 valence electrons. The second kappa shape index (κ2) is 5.45. The van der Waals surface area contributed by atoms with Crippen molar-refractivity contribution in [1.29, 1.82) is 0 Å². The predicted molar refractivity (Wildman–Crippen MR) is 62.2 cm³/mol. The second-order valence-corrected chi connectivity index (χ2v) is 4.46. The van der Waals surface area contributed by atoms with E-state index in [-0.39, 0.29) is 11.6 Å². The Labute approximate surface area is 100.0 Å². The highest BCUT2D eigenvalue weighted by molar-refractivity contribution is 5.36. The summed E-state index contributed by atoms with van der Waals surface area (Å²) in [7, 11) is 1.38. The third-order valence-corrected chi connectivity index (χ3v) is 3.25. The molecule has 2 nitrogen and oxygen atoms in total. The Balaban J connectivity index is 2.21. The molecule has 1 atom stereocenters. The van der Waals surface area contributed by atoms with Gasteiger partial charge >= 0.3 is 0 Å². The predicted octanol–water partition coefficient (Wildman–Crippen LogP) is 2.52. The zero-order valence-electron chi connectivity index (χ0n) is 9.93. The highest BCUT2D eigenvalue weighted by atomic mass is 19.1. The topological polar surface area (TPSA) is 21.3 Å². The van der Waals surface area contributed by atoms with Gasteiger partial charge in [-0.2, -0.15) is 0 Å². The molecule has 1 aromatic carbocycles. The third-order valence-electron chi connectivity index (χ3n) is 3.25. The molecular weight excluding hydrogens is 224 g/mol. The van der Waals surface area contributed by atoms with Gasteiger partial charge in [0.2, 0.25) is 0 Å². The Morgan fingerprint density at radius 2 is 2.12 bits per heavy atom. The molecule has 1 aliphatic heterocycles. The average molecular weight is 241 g/mol. The Morgan fingerprint density at radius 1 is 1.35 bits per heavy atom. The molecule has 0 saturated carbocycles. The van der Waals surface area contributed by atoms with Crippen molar-refractivity contribution in [1.82, 2.24) is 5.32 Å². The molecule has 1 aromatic rings. The molecule has 0 amide bonds. The molecular formula is C13H17F2NO. The molecule has 1 aliphatic rings. The van der Waals surface area contributed by atoms with E-state index < -0.39 is 5.82 Å². The molecule has 0 spiro atoms. The van der Waals surface area contributed by atoms with Crippen LogP contribution in [0.3, 0.4) is 0 Å². The van der Waals surface area contributed by atoms with E-state index in [1.54, 1.807) is 0 Å². The van der Waals surface area contributed by atoms with Crippen LogP contribution < -0.4 is 10.1 Å². The van der Waals surface area contributed by atoms with Gasteiger partial charge in [0.25, 0.3) is 0 Å². The fourth-order valence-corrected chi connectivity index (χ4v) is 2.37. The van der Waals surface area contributed by atoms with Gasteiger partial charge in [-0.3, -0.25) is 0 Å². The summed E-state index contributed by atoms with van der Waals surface area (Å²) in [5, 5.41) is 3.27. The number of piperidine rings is 1. The average Bonchev–Trinajstić information content (AvgIpc) is 2.35. The molecule has 1 saturated heterocycles. The zero-order chi connectivity index (χ0) is 12.3. The summed E-state index contributed by atoms with van der Waals surface area (Å²) in [4.78, 5) is 0. The fraction of sp³-hybridized carbons (Fsp3) is 0.538. The van der Waals surface area contributed by atoms with Gasteiger partial charge in [0.05, 0.1) is 7.11 Å². The lowest BCUT2D eigenvalue weighted by molar-refractivity contribution is 0.347. The lowest BCUT2D eigenvalue weighted by atomic mass is 9.91.